The number of unbranched alkanes of at least 4 members (excludes halogenated alkanes) is 27. The number of quaternary nitrogens is 1. The van der Waals surface area contributed by atoms with E-state index in [1.807, 2.05) is 33.3 Å². The molecule has 0 aromatic heterocycles. The summed E-state index contributed by atoms with van der Waals surface area (Å²) in [7, 11) is 1.15. The monoisotopic (exact) mass is 1070 g/mol. The molecule has 0 aliphatic rings. The number of hydrogen-bond donors (Lipinski definition) is 1. The first-order valence-electron chi connectivity index (χ1n) is 30.9. The molecule has 434 valence electrons. The number of esters is 1. The molecule has 0 bridgehead atoms. The second kappa shape index (κ2) is 54.5. The number of ether oxygens (including phenoxy) is 1. The van der Waals surface area contributed by atoms with E-state index in [1.165, 1.54) is 128 Å². The number of carbonyl (C=O) groups is 2. The fourth-order valence-corrected chi connectivity index (χ4v) is 9.20. The van der Waals surface area contributed by atoms with Crippen molar-refractivity contribution in [2.45, 2.75) is 277 Å². The fourth-order valence-electron chi connectivity index (χ4n) is 8.48. The number of amides is 1. The van der Waals surface area contributed by atoms with E-state index < -0.39 is 26.6 Å². The number of nitrogens with zero attached hydrogens (tertiary/aromatic N) is 1. The zero-order valence-electron chi connectivity index (χ0n) is 49.5. The van der Waals surface area contributed by atoms with Gasteiger partial charge in [-0.2, -0.15) is 0 Å². The average Bonchev–Trinajstić information content (AvgIpc) is 3.37. The highest BCUT2D eigenvalue weighted by molar-refractivity contribution is 7.45. The highest BCUT2D eigenvalue weighted by Crippen LogP contribution is 2.38. The number of allylic oxidation sites excluding steroid dienone is 13. The van der Waals surface area contributed by atoms with Crippen LogP contribution in [0.2, 0.25) is 0 Å². The molecule has 0 saturated heterocycles. The van der Waals surface area contributed by atoms with Crippen LogP contribution in [0.4, 0.5) is 0 Å². The first kappa shape index (κ1) is 72.2. The van der Waals surface area contributed by atoms with E-state index in [0.29, 0.717) is 23.9 Å². The van der Waals surface area contributed by atoms with Gasteiger partial charge in [0, 0.05) is 12.8 Å². The Kier molecular flexibility index (Phi) is 52.5. The maximum absolute atomic E-state index is 13.5. The van der Waals surface area contributed by atoms with Crippen molar-refractivity contribution in [3.63, 3.8) is 0 Å². The summed E-state index contributed by atoms with van der Waals surface area (Å²) in [6.07, 6.45) is 71.1. The van der Waals surface area contributed by atoms with Crippen molar-refractivity contribution in [1.82, 2.24) is 5.32 Å². The number of hydrogen-bond acceptors (Lipinski definition) is 7. The number of carbonyl (C=O) groups excluding carboxylic acids is 2. The van der Waals surface area contributed by atoms with E-state index in [9.17, 15) is 19.0 Å². The summed E-state index contributed by atoms with van der Waals surface area (Å²) in [4.78, 5) is 40.0. The Hall–Kier alpha value is -2.81. The van der Waals surface area contributed by atoms with Crippen LogP contribution >= 0.6 is 7.82 Å². The van der Waals surface area contributed by atoms with Gasteiger partial charge in [0.05, 0.1) is 33.8 Å². The van der Waals surface area contributed by atoms with Gasteiger partial charge in [0.25, 0.3) is 7.82 Å². The largest absolute Gasteiger partial charge is 0.756 e. The van der Waals surface area contributed by atoms with Gasteiger partial charge in [-0.1, -0.05) is 228 Å². The van der Waals surface area contributed by atoms with Crippen LogP contribution in [0.5, 0.6) is 0 Å². The molecule has 0 aliphatic carbocycles. The van der Waals surface area contributed by atoms with Crippen LogP contribution in [0, 0.1) is 0 Å². The Balaban J connectivity index is 5.39. The van der Waals surface area contributed by atoms with Crippen molar-refractivity contribution < 1.29 is 37.3 Å². The number of phosphoric acid groups is 1. The van der Waals surface area contributed by atoms with Crippen LogP contribution in [-0.4, -0.2) is 69.4 Å². The van der Waals surface area contributed by atoms with Crippen LogP contribution in [0.15, 0.2) is 85.1 Å². The summed E-state index contributed by atoms with van der Waals surface area (Å²) in [5.41, 5.74) is 0. The second-order valence-corrected chi connectivity index (χ2v) is 23.3. The number of phosphoric ester groups is 1. The lowest BCUT2D eigenvalue weighted by Crippen LogP contribution is -2.47. The minimum atomic E-state index is -4.71. The van der Waals surface area contributed by atoms with E-state index in [0.717, 1.165) is 96.3 Å². The molecular weight excluding hydrogens is 952 g/mol. The lowest BCUT2D eigenvalue weighted by molar-refractivity contribution is -0.870. The Morgan fingerprint density at radius 2 is 0.813 bits per heavy atom. The number of likely N-dealkylation sites (N-methyl/N-ethyl adjacent to an activating group) is 1. The number of nitrogens with one attached hydrogen (secondary N) is 1. The van der Waals surface area contributed by atoms with E-state index >= 15 is 0 Å². The van der Waals surface area contributed by atoms with Crippen LogP contribution in [0.1, 0.15) is 265 Å². The molecule has 0 spiro atoms. The summed E-state index contributed by atoms with van der Waals surface area (Å²) in [6, 6.07) is -0.910. The Labute approximate surface area is 463 Å². The second-order valence-electron chi connectivity index (χ2n) is 21.8. The highest BCUT2D eigenvalue weighted by Gasteiger charge is 2.27. The van der Waals surface area contributed by atoms with Crippen LogP contribution < -0.4 is 10.2 Å². The van der Waals surface area contributed by atoms with Gasteiger partial charge in [0.15, 0.2) is 0 Å². The van der Waals surface area contributed by atoms with E-state index in [2.05, 4.69) is 99.0 Å². The minimum Gasteiger partial charge on any atom is -0.756 e. The van der Waals surface area contributed by atoms with Crippen molar-refractivity contribution in [2.75, 3.05) is 40.9 Å². The summed E-state index contributed by atoms with van der Waals surface area (Å²) in [6.45, 7) is 6.76. The van der Waals surface area contributed by atoms with Crippen LogP contribution in [0.3, 0.4) is 0 Å². The van der Waals surface area contributed by atoms with E-state index in [-0.39, 0.29) is 24.9 Å². The topological polar surface area (TPSA) is 114 Å². The van der Waals surface area contributed by atoms with Crippen molar-refractivity contribution in [2.24, 2.45) is 0 Å². The quantitative estimate of drug-likeness (QED) is 0.0212. The molecule has 75 heavy (non-hydrogen) atoms. The van der Waals surface area contributed by atoms with Gasteiger partial charge in [-0.15, -0.1) is 0 Å². The van der Waals surface area contributed by atoms with Gasteiger partial charge in [-0.25, -0.2) is 0 Å². The standard InChI is InChI=1S/C65H117N2O7P/c1-7-10-13-16-19-22-25-28-30-32-33-35-37-40-43-46-49-52-55-58-65(69)74-63(56-53-50-47-44-41-38-27-24-21-18-15-12-9-3)62(61-73-75(70,71)72-60-59-67(4,5)6)66-64(68)57-54-51-48-45-42-39-36-34-31-29-26-23-20-17-14-11-8-2/h19-20,22-23,28-31,33,35,40,43,53,56,62-63H,7-18,21,24-27,32,34,36-39,41-42,44-52,54-55,57-61H2,1-6H3,(H-,66,68,70,71)/b22-19-,23-20-,30-28-,31-29-,35-33-,43-40-,56-53+. The van der Waals surface area contributed by atoms with Gasteiger partial charge in [-0.3, -0.25) is 14.2 Å². The molecule has 3 unspecified atom stereocenters. The fraction of sp³-hybridized carbons (Fsp3) is 0.754. The smallest absolute Gasteiger partial charge is 0.306 e. The van der Waals surface area contributed by atoms with E-state index in [1.54, 1.807) is 0 Å². The van der Waals surface area contributed by atoms with Crippen molar-refractivity contribution in [3.8, 4) is 0 Å². The summed E-state index contributed by atoms with van der Waals surface area (Å²) >= 11 is 0. The molecule has 0 radical (unpaired) electrons. The molecule has 0 aliphatic heterocycles. The lowest BCUT2D eigenvalue weighted by atomic mass is 10.0. The third-order valence-corrected chi connectivity index (χ3v) is 14.3. The van der Waals surface area contributed by atoms with Crippen LogP contribution in [0.25, 0.3) is 0 Å². The molecule has 1 N–H and O–H groups in total. The molecule has 0 aromatic rings. The van der Waals surface area contributed by atoms with Gasteiger partial charge < -0.3 is 28.5 Å². The summed E-state index contributed by atoms with van der Waals surface area (Å²) < 4.78 is 30.3. The molecule has 0 rings (SSSR count). The van der Waals surface area contributed by atoms with Crippen molar-refractivity contribution in [3.05, 3.63) is 85.1 Å². The molecule has 0 saturated carbocycles. The predicted octanol–water partition coefficient (Wildman–Crippen LogP) is 18.4. The Morgan fingerprint density at radius 1 is 0.467 bits per heavy atom. The SMILES string of the molecule is CCCCC/C=C\C/C=C\C/C=C\C/C=C\CCCCCC(=O)OC(/C=C/CCCCCCCCCCCCC)C(COP(=O)([O-])OCC[N+](C)(C)C)NC(=O)CCCCCCCCC/C=C\C/C=C\CCCCC. The van der Waals surface area contributed by atoms with Gasteiger partial charge in [0.2, 0.25) is 5.91 Å². The lowest BCUT2D eigenvalue weighted by Gasteiger charge is -2.30. The molecule has 9 nitrogen and oxygen atoms in total. The summed E-state index contributed by atoms with van der Waals surface area (Å²) in [5.74, 6) is -0.586. The maximum atomic E-state index is 13.5. The van der Waals surface area contributed by atoms with Crippen molar-refractivity contribution in [1.29, 1.82) is 0 Å². The first-order valence-corrected chi connectivity index (χ1v) is 32.4. The third kappa shape index (κ3) is 55.7. The summed E-state index contributed by atoms with van der Waals surface area (Å²) in [5, 5.41) is 3.02. The zero-order valence-corrected chi connectivity index (χ0v) is 50.4. The van der Waals surface area contributed by atoms with Gasteiger partial charge in [0.1, 0.15) is 19.3 Å². The minimum absolute atomic E-state index is 0.0326. The van der Waals surface area contributed by atoms with Crippen molar-refractivity contribution >= 4 is 19.7 Å². The molecule has 0 aromatic carbocycles. The highest BCUT2D eigenvalue weighted by atomic mass is 31.2. The Bertz CT molecular complexity index is 1560. The van der Waals surface area contributed by atoms with Gasteiger partial charge >= 0.3 is 5.97 Å². The van der Waals surface area contributed by atoms with Gasteiger partial charge in [-0.05, 0) is 109 Å². The predicted molar refractivity (Wildman–Crippen MR) is 321 cm³/mol. The molecule has 1 amide bonds. The van der Waals surface area contributed by atoms with E-state index in [4.69, 9.17) is 13.8 Å². The average molecular weight is 1070 g/mol. The first-order chi connectivity index (χ1) is 36.4. The maximum Gasteiger partial charge on any atom is 0.306 e. The molecule has 0 fully saturated rings. The van der Waals surface area contributed by atoms with Crippen LogP contribution in [-0.2, 0) is 27.9 Å². The Morgan fingerprint density at radius 3 is 1.25 bits per heavy atom. The zero-order chi connectivity index (χ0) is 55.0. The molecule has 10 heteroatoms. The molecule has 0 heterocycles. The molecule has 3 atom stereocenters. The normalized spacial score (nSPS) is 14.3. The number of rotatable bonds is 55. The third-order valence-electron chi connectivity index (χ3n) is 13.3. The molecular formula is C65H117N2O7P.